The highest BCUT2D eigenvalue weighted by atomic mass is 16.5. The molecular weight excluding hydrogens is 326 g/mol. The lowest BCUT2D eigenvalue weighted by molar-refractivity contribution is 0.0624. The summed E-state index contributed by atoms with van der Waals surface area (Å²) in [6.07, 6.45) is 4.69. The molecule has 1 aliphatic rings. The van der Waals surface area contributed by atoms with Crippen LogP contribution in [0.15, 0.2) is 35.3 Å². The smallest absolute Gasteiger partial charge is 0.193 e. The second kappa shape index (κ2) is 11.9. The van der Waals surface area contributed by atoms with Crippen molar-refractivity contribution >= 4 is 5.96 Å². The molecule has 1 heterocycles. The third kappa shape index (κ3) is 7.34. The SMILES string of the molecule is CN=C(NCCCOC(C)c1ccccc1)N(C)CCC1CCOCC1. The van der Waals surface area contributed by atoms with Crippen LogP contribution < -0.4 is 5.32 Å². The van der Waals surface area contributed by atoms with Gasteiger partial charge in [-0.15, -0.1) is 0 Å². The average Bonchev–Trinajstić information content (AvgIpc) is 2.70. The first-order chi connectivity index (χ1) is 12.7. The molecule has 0 amide bonds. The topological polar surface area (TPSA) is 46.1 Å². The van der Waals surface area contributed by atoms with Crippen LogP contribution in [-0.2, 0) is 9.47 Å². The molecule has 1 atom stereocenters. The molecule has 1 N–H and O–H groups in total. The van der Waals surface area contributed by atoms with Crippen LogP contribution in [0.4, 0.5) is 0 Å². The van der Waals surface area contributed by atoms with Gasteiger partial charge in [0.25, 0.3) is 0 Å². The van der Waals surface area contributed by atoms with E-state index in [1.165, 1.54) is 24.8 Å². The second-order valence-electron chi connectivity index (χ2n) is 7.02. The number of nitrogens with zero attached hydrogens (tertiary/aromatic N) is 2. The number of rotatable bonds is 9. The maximum atomic E-state index is 5.93. The molecule has 1 aromatic rings. The Kier molecular flexibility index (Phi) is 9.50. The molecule has 0 spiro atoms. The van der Waals surface area contributed by atoms with Gasteiger partial charge in [0, 0.05) is 47.0 Å². The first-order valence-corrected chi connectivity index (χ1v) is 9.86. The summed E-state index contributed by atoms with van der Waals surface area (Å²) < 4.78 is 11.4. The van der Waals surface area contributed by atoms with Crippen LogP contribution in [-0.4, -0.2) is 57.9 Å². The van der Waals surface area contributed by atoms with E-state index in [4.69, 9.17) is 9.47 Å². The lowest BCUT2D eigenvalue weighted by atomic mass is 9.96. The molecular formula is C21H35N3O2. The van der Waals surface area contributed by atoms with Crippen LogP contribution >= 0.6 is 0 Å². The molecule has 5 nitrogen and oxygen atoms in total. The van der Waals surface area contributed by atoms with Gasteiger partial charge in [-0.25, -0.2) is 0 Å². The maximum Gasteiger partial charge on any atom is 0.193 e. The summed E-state index contributed by atoms with van der Waals surface area (Å²) in [6.45, 7) is 6.59. The Hall–Kier alpha value is -1.59. The van der Waals surface area contributed by atoms with Crippen molar-refractivity contribution in [1.82, 2.24) is 10.2 Å². The highest BCUT2D eigenvalue weighted by molar-refractivity contribution is 5.79. The zero-order chi connectivity index (χ0) is 18.6. The number of benzene rings is 1. The Balaban J connectivity index is 1.59. The molecule has 26 heavy (non-hydrogen) atoms. The number of hydrogen-bond acceptors (Lipinski definition) is 3. The minimum absolute atomic E-state index is 0.137. The monoisotopic (exact) mass is 361 g/mol. The molecule has 0 bridgehead atoms. The zero-order valence-corrected chi connectivity index (χ0v) is 16.6. The highest BCUT2D eigenvalue weighted by Crippen LogP contribution is 2.18. The quantitative estimate of drug-likeness (QED) is 0.416. The van der Waals surface area contributed by atoms with Crippen molar-refractivity contribution in [1.29, 1.82) is 0 Å². The maximum absolute atomic E-state index is 5.93. The van der Waals surface area contributed by atoms with Crippen molar-refractivity contribution in [2.75, 3.05) is 47.0 Å². The molecule has 2 rings (SSSR count). The third-order valence-electron chi connectivity index (χ3n) is 5.03. The number of aliphatic imine (C=N–C) groups is 1. The Morgan fingerprint density at radius 1 is 1.31 bits per heavy atom. The standard InChI is InChI=1S/C21H35N3O2/c1-18(20-8-5-4-6-9-20)26-15-7-13-23-21(22-2)24(3)14-10-19-11-16-25-17-12-19/h4-6,8-9,18-19H,7,10-17H2,1-3H3,(H,22,23). The minimum atomic E-state index is 0.137. The van der Waals surface area contributed by atoms with E-state index in [1.54, 1.807) is 0 Å². The summed E-state index contributed by atoms with van der Waals surface area (Å²) in [4.78, 5) is 6.62. The van der Waals surface area contributed by atoms with Gasteiger partial charge in [0.05, 0.1) is 6.10 Å². The van der Waals surface area contributed by atoms with E-state index in [-0.39, 0.29) is 6.10 Å². The molecule has 0 aliphatic carbocycles. The zero-order valence-electron chi connectivity index (χ0n) is 16.6. The largest absolute Gasteiger partial charge is 0.381 e. The molecule has 5 heteroatoms. The number of guanidine groups is 1. The molecule has 1 saturated heterocycles. The predicted molar refractivity (Wildman–Crippen MR) is 108 cm³/mol. The fourth-order valence-corrected chi connectivity index (χ4v) is 3.25. The van der Waals surface area contributed by atoms with E-state index in [2.05, 4.69) is 53.4 Å². The van der Waals surface area contributed by atoms with E-state index >= 15 is 0 Å². The molecule has 1 aromatic carbocycles. The lowest BCUT2D eigenvalue weighted by Crippen LogP contribution is -2.40. The van der Waals surface area contributed by atoms with Crippen LogP contribution in [0.3, 0.4) is 0 Å². The molecule has 1 unspecified atom stereocenters. The van der Waals surface area contributed by atoms with Crippen LogP contribution in [0, 0.1) is 5.92 Å². The van der Waals surface area contributed by atoms with Gasteiger partial charge in [-0.1, -0.05) is 30.3 Å². The Morgan fingerprint density at radius 3 is 2.73 bits per heavy atom. The van der Waals surface area contributed by atoms with Crippen molar-refractivity contribution < 1.29 is 9.47 Å². The highest BCUT2D eigenvalue weighted by Gasteiger charge is 2.15. The van der Waals surface area contributed by atoms with Crippen molar-refractivity contribution in [2.45, 2.75) is 38.7 Å². The summed E-state index contributed by atoms with van der Waals surface area (Å²) in [6, 6.07) is 10.4. The van der Waals surface area contributed by atoms with E-state index in [9.17, 15) is 0 Å². The van der Waals surface area contributed by atoms with Crippen LogP contribution in [0.2, 0.25) is 0 Å². The number of ether oxygens (including phenoxy) is 2. The molecule has 0 radical (unpaired) electrons. The fraction of sp³-hybridized carbons (Fsp3) is 0.667. The molecule has 0 saturated carbocycles. The van der Waals surface area contributed by atoms with Gasteiger partial charge in [0.15, 0.2) is 5.96 Å². The van der Waals surface area contributed by atoms with Gasteiger partial charge in [-0.2, -0.15) is 0 Å². The van der Waals surface area contributed by atoms with Crippen LogP contribution in [0.5, 0.6) is 0 Å². The summed E-state index contributed by atoms with van der Waals surface area (Å²) in [5.41, 5.74) is 1.23. The Morgan fingerprint density at radius 2 is 2.04 bits per heavy atom. The molecule has 1 fully saturated rings. The van der Waals surface area contributed by atoms with Crippen molar-refractivity contribution in [3.05, 3.63) is 35.9 Å². The minimum Gasteiger partial charge on any atom is -0.381 e. The van der Waals surface area contributed by atoms with Gasteiger partial charge in [-0.3, -0.25) is 4.99 Å². The second-order valence-corrected chi connectivity index (χ2v) is 7.02. The molecule has 1 aliphatic heterocycles. The van der Waals surface area contributed by atoms with Gasteiger partial charge < -0.3 is 19.7 Å². The average molecular weight is 362 g/mol. The van der Waals surface area contributed by atoms with Crippen molar-refractivity contribution in [3.8, 4) is 0 Å². The van der Waals surface area contributed by atoms with E-state index in [1.807, 2.05) is 13.1 Å². The van der Waals surface area contributed by atoms with Gasteiger partial charge >= 0.3 is 0 Å². The van der Waals surface area contributed by atoms with Crippen LogP contribution in [0.1, 0.15) is 44.3 Å². The summed E-state index contributed by atoms with van der Waals surface area (Å²) in [7, 11) is 3.96. The summed E-state index contributed by atoms with van der Waals surface area (Å²) in [5.74, 6) is 1.75. The van der Waals surface area contributed by atoms with Crippen LogP contribution in [0.25, 0.3) is 0 Å². The predicted octanol–water partition coefficient (Wildman–Crippen LogP) is 3.48. The van der Waals surface area contributed by atoms with Gasteiger partial charge in [0.2, 0.25) is 0 Å². The number of hydrogen-bond donors (Lipinski definition) is 1. The van der Waals surface area contributed by atoms with Gasteiger partial charge in [-0.05, 0) is 44.1 Å². The van der Waals surface area contributed by atoms with E-state index in [0.29, 0.717) is 0 Å². The Bertz CT molecular complexity index is 515. The third-order valence-corrected chi connectivity index (χ3v) is 5.03. The fourth-order valence-electron chi connectivity index (χ4n) is 3.25. The van der Waals surface area contributed by atoms with Crippen molar-refractivity contribution in [3.63, 3.8) is 0 Å². The van der Waals surface area contributed by atoms with E-state index in [0.717, 1.165) is 51.2 Å². The Labute approximate surface area is 158 Å². The van der Waals surface area contributed by atoms with E-state index < -0.39 is 0 Å². The van der Waals surface area contributed by atoms with Gasteiger partial charge in [0.1, 0.15) is 0 Å². The molecule has 146 valence electrons. The molecule has 0 aromatic heterocycles. The number of nitrogens with one attached hydrogen (secondary N) is 1. The first-order valence-electron chi connectivity index (χ1n) is 9.86. The lowest BCUT2D eigenvalue weighted by Gasteiger charge is -2.26. The normalized spacial score (nSPS) is 17.1. The summed E-state index contributed by atoms with van der Waals surface area (Å²) >= 11 is 0. The first kappa shape index (κ1) is 20.7. The van der Waals surface area contributed by atoms with Crippen molar-refractivity contribution in [2.24, 2.45) is 10.9 Å². The summed E-state index contributed by atoms with van der Waals surface area (Å²) in [5, 5.41) is 3.44.